The van der Waals surface area contributed by atoms with Gasteiger partial charge in [0.25, 0.3) is 0 Å². The van der Waals surface area contributed by atoms with E-state index in [0.29, 0.717) is 11.4 Å². The second-order valence-electron chi connectivity index (χ2n) is 2.96. The van der Waals surface area contributed by atoms with Crippen molar-refractivity contribution in [2.24, 2.45) is 10.2 Å². The number of pyridine rings is 1. The van der Waals surface area contributed by atoms with Crippen LogP contribution in [0.2, 0.25) is 0 Å². The summed E-state index contributed by atoms with van der Waals surface area (Å²) < 4.78 is 0. The maximum Gasteiger partial charge on any atom is 0.109 e. The molecule has 0 aliphatic carbocycles. The van der Waals surface area contributed by atoms with Gasteiger partial charge in [0.05, 0.1) is 11.4 Å². The van der Waals surface area contributed by atoms with Crippen molar-refractivity contribution in [1.82, 2.24) is 4.98 Å². The fraction of sp³-hybridized carbons (Fsp3) is 0. The van der Waals surface area contributed by atoms with Gasteiger partial charge in [0.2, 0.25) is 0 Å². The van der Waals surface area contributed by atoms with Gasteiger partial charge in [0.1, 0.15) is 5.69 Å². The molecular formula is C11H10N4. The molecule has 74 valence electrons. The van der Waals surface area contributed by atoms with Gasteiger partial charge < -0.3 is 5.73 Å². The highest BCUT2D eigenvalue weighted by Crippen LogP contribution is 2.23. The maximum atomic E-state index is 5.72. The molecule has 0 unspecified atom stereocenters. The number of nitrogens with zero attached hydrogens (tertiary/aromatic N) is 3. The number of anilines is 1. The van der Waals surface area contributed by atoms with E-state index in [2.05, 4.69) is 15.2 Å². The fourth-order valence-corrected chi connectivity index (χ4v) is 1.10. The lowest BCUT2D eigenvalue weighted by Gasteiger charge is -1.96. The molecule has 0 spiro atoms. The van der Waals surface area contributed by atoms with Gasteiger partial charge in [-0.05, 0) is 24.3 Å². The van der Waals surface area contributed by atoms with Crippen molar-refractivity contribution in [2.75, 3.05) is 5.73 Å². The van der Waals surface area contributed by atoms with Gasteiger partial charge in [0.15, 0.2) is 0 Å². The zero-order valence-electron chi connectivity index (χ0n) is 8.04. The number of rotatable bonds is 2. The Morgan fingerprint density at radius 1 is 0.933 bits per heavy atom. The van der Waals surface area contributed by atoms with Crippen molar-refractivity contribution in [2.45, 2.75) is 0 Å². The van der Waals surface area contributed by atoms with Crippen LogP contribution in [0.4, 0.5) is 17.1 Å². The number of nitrogens with two attached hydrogens (primary N) is 1. The molecule has 1 heterocycles. The minimum atomic E-state index is 0.621. The first kappa shape index (κ1) is 9.33. The molecule has 0 amide bonds. The molecule has 1 aromatic carbocycles. The first-order chi connectivity index (χ1) is 7.36. The van der Waals surface area contributed by atoms with Crippen LogP contribution in [0.1, 0.15) is 0 Å². The highest BCUT2D eigenvalue weighted by atomic mass is 15.1. The Balaban J connectivity index is 2.23. The van der Waals surface area contributed by atoms with E-state index in [1.165, 1.54) is 0 Å². The molecular weight excluding hydrogens is 188 g/mol. The monoisotopic (exact) mass is 198 g/mol. The predicted molar refractivity (Wildman–Crippen MR) is 59.3 cm³/mol. The Morgan fingerprint density at radius 2 is 1.67 bits per heavy atom. The molecule has 15 heavy (non-hydrogen) atoms. The molecule has 2 rings (SSSR count). The summed E-state index contributed by atoms with van der Waals surface area (Å²) in [6.45, 7) is 0. The Bertz CT molecular complexity index is 465. The number of nitrogen functional groups attached to an aromatic ring is 1. The van der Waals surface area contributed by atoms with Crippen LogP contribution in [0, 0.1) is 0 Å². The van der Waals surface area contributed by atoms with Gasteiger partial charge in [-0.1, -0.05) is 12.1 Å². The summed E-state index contributed by atoms with van der Waals surface area (Å²) in [5.41, 5.74) is 7.77. The van der Waals surface area contributed by atoms with Gasteiger partial charge in [-0.3, -0.25) is 4.98 Å². The van der Waals surface area contributed by atoms with E-state index in [1.807, 2.05) is 18.2 Å². The molecule has 2 N–H and O–H groups in total. The third-order valence-electron chi connectivity index (χ3n) is 1.87. The molecule has 0 bridgehead atoms. The van der Waals surface area contributed by atoms with Crippen molar-refractivity contribution in [1.29, 1.82) is 0 Å². The second kappa shape index (κ2) is 4.32. The third-order valence-corrected chi connectivity index (χ3v) is 1.87. The maximum absolute atomic E-state index is 5.72. The molecule has 2 aromatic rings. The summed E-state index contributed by atoms with van der Waals surface area (Å²) >= 11 is 0. The molecule has 0 aliphatic heterocycles. The molecule has 1 aromatic heterocycles. The zero-order valence-corrected chi connectivity index (χ0v) is 8.04. The second-order valence-corrected chi connectivity index (χ2v) is 2.96. The Labute approximate surface area is 87.5 Å². The van der Waals surface area contributed by atoms with Crippen molar-refractivity contribution in [3.63, 3.8) is 0 Å². The van der Waals surface area contributed by atoms with Crippen LogP contribution < -0.4 is 5.73 Å². The number of hydrogen-bond acceptors (Lipinski definition) is 4. The largest absolute Gasteiger partial charge is 0.397 e. The summed E-state index contributed by atoms with van der Waals surface area (Å²) in [4.78, 5) is 3.89. The Hall–Kier alpha value is -2.23. The van der Waals surface area contributed by atoms with Crippen LogP contribution in [-0.2, 0) is 0 Å². The van der Waals surface area contributed by atoms with E-state index in [9.17, 15) is 0 Å². The summed E-state index contributed by atoms with van der Waals surface area (Å²) in [6.07, 6.45) is 3.34. The van der Waals surface area contributed by atoms with Crippen LogP contribution in [0.3, 0.4) is 0 Å². The lowest BCUT2D eigenvalue weighted by Crippen LogP contribution is -1.82. The smallest absolute Gasteiger partial charge is 0.109 e. The van der Waals surface area contributed by atoms with Gasteiger partial charge in [-0.2, -0.15) is 5.11 Å². The minimum Gasteiger partial charge on any atom is -0.397 e. The third kappa shape index (κ3) is 2.37. The van der Waals surface area contributed by atoms with Crippen LogP contribution in [0.5, 0.6) is 0 Å². The number of aromatic nitrogens is 1. The van der Waals surface area contributed by atoms with E-state index in [0.717, 1.165) is 5.69 Å². The number of hydrogen-bond donors (Lipinski definition) is 1. The normalized spacial score (nSPS) is 10.7. The van der Waals surface area contributed by atoms with Gasteiger partial charge in [-0.25, -0.2) is 0 Å². The van der Waals surface area contributed by atoms with Crippen LogP contribution in [0.25, 0.3) is 0 Å². The van der Waals surface area contributed by atoms with Crippen LogP contribution in [-0.4, -0.2) is 4.98 Å². The topological polar surface area (TPSA) is 63.6 Å². The Kier molecular flexibility index (Phi) is 2.69. The molecule has 0 radical (unpaired) electrons. The predicted octanol–water partition coefficient (Wildman–Crippen LogP) is 3.08. The van der Waals surface area contributed by atoms with Gasteiger partial charge >= 0.3 is 0 Å². The van der Waals surface area contributed by atoms with E-state index in [4.69, 9.17) is 5.73 Å². The lowest BCUT2D eigenvalue weighted by atomic mass is 10.3. The number of azo groups is 1. The van der Waals surface area contributed by atoms with Crippen LogP contribution in [0.15, 0.2) is 59.0 Å². The highest BCUT2D eigenvalue weighted by Gasteiger charge is 1.93. The van der Waals surface area contributed by atoms with E-state index in [1.54, 1.807) is 30.6 Å². The average molecular weight is 198 g/mol. The highest BCUT2D eigenvalue weighted by molar-refractivity contribution is 5.61. The van der Waals surface area contributed by atoms with Crippen molar-refractivity contribution in [3.05, 3.63) is 48.8 Å². The zero-order chi connectivity index (χ0) is 10.5. The molecule has 4 heteroatoms. The number of para-hydroxylation sites is 1. The van der Waals surface area contributed by atoms with Crippen molar-refractivity contribution in [3.8, 4) is 0 Å². The summed E-state index contributed by atoms with van der Waals surface area (Å²) in [5, 5.41) is 8.09. The van der Waals surface area contributed by atoms with Crippen molar-refractivity contribution < 1.29 is 0 Å². The van der Waals surface area contributed by atoms with Crippen molar-refractivity contribution >= 4 is 17.1 Å². The SMILES string of the molecule is Nc1ccccc1N=Nc1ccncc1. The first-order valence-corrected chi connectivity index (χ1v) is 4.52. The summed E-state index contributed by atoms with van der Waals surface area (Å²) in [7, 11) is 0. The van der Waals surface area contributed by atoms with E-state index in [-0.39, 0.29) is 0 Å². The van der Waals surface area contributed by atoms with Gasteiger partial charge in [0, 0.05) is 12.4 Å². The quantitative estimate of drug-likeness (QED) is 0.595. The molecule has 0 fully saturated rings. The Morgan fingerprint density at radius 3 is 2.40 bits per heavy atom. The first-order valence-electron chi connectivity index (χ1n) is 4.52. The minimum absolute atomic E-state index is 0.621. The fourth-order valence-electron chi connectivity index (χ4n) is 1.10. The number of benzene rings is 1. The standard InChI is InChI=1S/C11H10N4/c12-10-3-1-2-4-11(10)15-14-9-5-7-13-8-6-9/h1-8H,12H2. The molecule has 0 aliphatic rings. The van der Waals surface area contributed by atoms with E-state index < -0.39 is 0 Å². The van der Waals surface area contributed by atoms with Crippen LogP contribution >= 0.6 is 0 Å². The van der Waals surface area contributed by atoms with E-state index >= 15 is 0 Å². The summed E-state index contributed by atoms with van der Waals surface area (Å²) in [5.74, 6) is 0. The lowest BCUT2D eigenvalue weighted by molar-refractivity contribution is 1.21. The average Bonchev–Trinajstić information content (AvgIpc) is 2.29. The molecule has 0 saturated carbocycles. The van der Waals surface area contributed by atoms with Gasteiger partial charge in [-0.15, -0.1) is 5.11 Å². The molecule has 4 nitrogen and oxygen atoms in total. The molecule has 0 saturated heterocycles. The molecule has 0 atom stereocenters. The summed E-state index contributed by atoms with van der Waals surface area (Å²) in [6, 6.07) is 10.9.